The lowest BCUT2D eigenvalue weighted by Gasteiger charge is -2.37. The summed E-state index contributed by atoms with van der Waals surface area (Å²) in [5.41, 5.74) is 1.35. The van der Waals surface area contributed by atoms with E-state index in [1.807, 2.05) is 60.7 Å². The minimum atomic E-state index is -2.78. The largest absolute Gasteiger partial charge is 0.420 e. The first kappa shape index (κ1) is 31.3. The van der Waals surface area contributed by atoms with Crippen molar-refractivity contribution >= 4 is 37.3 Å². The zero-order chi connectivity index (χ0) is 28.0. The average Bonchev–Trinajstić information content (AvgIpc) is 2.90. The maximum atomic E-state index is 14.6. The topological polar surface area (TPSA) is 35.5 Å². The van der Waals surface area contributed by atoms with Gasteiger partial charge in [0.05, 0.1) is 12.2 Å². The first-order valence-corrected chi connectivity index (χ1v) is 18.9. The fraction of sp³-hybridized carbons (Fsp3) is 0.562. The van der Waals surface area contributed by atoms with Crippen LogP contribution in [-0.2, 0) is 13.4 Å². The summed E-state index contributed by atoms with van der Waals surface area (Å²) in [7, 11) is -4.19. The number of benzene rings is 2. The van der Waals surface area contributed by atoms with Crippen molar-refractivity contribution in [2.24, 2.45) is 11.8 Å². The van der Waals surface area contributed by atoms with E-state index >= 15 is 0 Å². The Bertz CT molecular complexity index is 1000. The molecule has 1 aliphatic carbocycles. The molecular weight excluding hydrogens is 519 g/mol. The molecule has 2 aromatic rings. The van der Waals surface area contributed by atoms with Crippen LogP contribution in [0.1, 0.15) is 74.7 Å². The number of allylic oxidation sites excluding steroid dienone is 1. The first-order chi connectivity index (χ1) is 17.8. The molecular formula is C32H51O3PSi2. The van der Waals surface area contributed by atoms with Crippen molar-refractivity contribution in [3.8, 4) is 0 Å². The Hall–Kier alpha value is -1.24. The van der Waals surface area contributed by atoms with Crippen molar-refractivity contribution < 1.29 is 13.4 Å². The van der Waals surface area contributed by atoms with E-state index in [9.17, 15) is 4.57 Å². The molecule has 0 saturated heterocycles. The van der Waals surface area contributed by atoms with Gasteiger partial charge in [-0.1, -0.05) is 128 Å². The maximum Gasteiger partial charge on any atom is 0.167 e. The second kappa shape index (κ2) is 13.4. The maximum absolute atomic E-state index is 14.6. The number of rotatable bonds is 12. The molecule has 0 aromatic heterocycles. The molecule has 0 N–H and O–H groups in total. The molecule has 2 atom stereocenters. The fourth-order valence-electron chi connectivity index (χ4n) is 4.50. The third kappa shape index (κ3) is 8.38. The quantitative estimate of drug-likeness (QED) is 0.161. The van der Waals surface area contributed by atoms with Crippen molar-refractivity contribution in [3.05, 3.63) is 72.3 Å². The van der Waals surface area contributed by atoms with Crippen LogP contribution in [-0.4, -0.2) is 37.9 Å². The SMILES string of the molecule is CC(C)C(C)(C)[SiH2]OC1CC(=CCP(=O)(c2ccccc2)c2ccccc2)CC(O[SiH2]C(C)(C)C(C)C)C1. The molecule has 0 heterocycles. The van der Waals surface area contributed by atoms with E-state index in [0.29, 0.717) is 18.0 Å². The van der Waals surface area contributed by atoms with E-state index in [1.54, 1.807) is 0 Å². The monoisotopic (exact) mass is 570 g/mol. The van der Waals surface area contributed by atoms with Gasteiger partial charge < -0.3 is 13.4 Å². The average molecular weight is 571 g/mol. The van der Waals surface area contributed by atoms with Gasteiger partial charge >= 0.3 is 0 Å². The fourth-order valence-corrected chi connectivity index (χ4v) is 9.55. The van der Waals surface area contributed by atoms with Gasteiger partial charge in [0.15, 0.2) is 19.5 Å². The molecule has 2 aromatic carbocycles. The highest BCUT2D eigenvalue weighted by Crippen LogP contribution is 2.44. The van der Waals surface area contributed by atoms with Gasteiger partial charge in [0.2, 0.25) is 0 Å². The second-order valence-corrected chi connectivity index (χ2v) is 21.0. The van der Waals surface area contributed by atoms with Crippen molar-refractivity contribution in [3.63, 3.8) is 0 Å². The smallest absolute Gasteiger partial charge is 0.167 e. The molecule has 0 spiro atoms. The third-order valence-corrected chi connectivity index (χ3v) is 16.4. The number of hydrogen-bond acceptors (Lipinski definition) is 3. The molecule has 0 amide bonds. The van der Waals surface area contributed by atoms with Crippen LogP contribution in [0.5, 0.6) is 0 Å². The van der Waals surface area contributed by atoms with E-state index in [1.165, 1.54) is 5.57 Å². The zero-order valence-electron chi connectivity index (χ0n) is 25.1. The Morgan fingerprint density at radius 1 is 0.789 bits per heavy atom. The van der Waals surface area contributed by atoms with Crippen LogP contribution >= 0.6 is 7.14 Å². The molecule has 0 aliphatic heterocycles. The third-order valence-electron chi connectivity index (χ3n) is 9.00. The summed E-state index contributed by atoms with van der Waals surface area (Å²) >= 11 is 0. The van der Waals surface area contributed by atoms with E-state index in [0.717, 1.165) is 29.9 Å². The summed E-state index contributed by atoms with van der Waals surface area (Å²) in [6, 6.07) is 20.0. The van der Waals surface area contributed by atoms with Gasteiger partial charge in [0.25, 0.3) is 0 Å². The molecule has 3 rings (SSSR count). The molecule has 0 bridgehead atoms. The van der Waals surface area contributed by atoms with E-state index in [4.69, 9.17) is 8.85 Å². The van der Waals surface area contributed by atoms with Crippen LogP contribution in [0, 0.1) is 11.8 Å². The van der Waals surface area contributed by atoms with Gasteiger partial charge in [-0.15, -0.1) is 0 Å². The van der Waals surface area contributed by atoms with Crippen molar-refractivity contribution in [1.29, 1.82) is 0 Å². The Labute approximate surface area is 237 Å². The first-order valence-electron chi connectivity index (χ1n) is 14.4. The Balaban J connectivity index is 1.84. The van der Waals surface area contributed by atoms with Crippen LogP contribution in [0.2, 0.25) is 10.1 Å². The van der Waals surface area contributed by atoms with Crippen LogP contribution in [0.3, 0.4) is 0 Å². The predicted octanol–water partition coefficient (Wildman–Crippen LogP) is 6.76. The predicted molar refractivity (Wildman–Crippen MR) is 171 cm³/mol. The highest BCUT2D eigenvalue weighted by atomic mass is 31.2. The van der Waals surface area contributed by atoms with Gasteiger partial charge in [-0.05, 0) is 41.2 Å². The van der Waals surface area contributed by atoms with Gasteiger partial charge in [-0.2, -0.15) is 0 Å². The Morgan fingerprint density at radius 3 is 1.55 bits per heavy atom. The van der Waals surface area contributed by atoms with Gasteiger partial charge in [0.1, 0.15) is 7.14 Å². The Kier molecular flexibility index (Phi) is 11.0. The number of hydrogen-bond donors (Lipinski definition) is 0. The highest BCUT2D eigenvalue weighted by molar-refractivity contribution is 7.78. The van der Waals surface area contributed by atoms with Crippen LogP contribution in [0.4, 0.5) is 0 Å². The van der Waals surface area contributed by atoms with Crippen molar-refractivity contribution in [2.45, 2.75) is 96.9 Å². The summed E-state index contributed by atoms with van der Waals surface area (Å²) in [6.45, 7) is 18.6. The molecule has 210 valence electrons. The lowest BCUT2D eigenvalue weighted by atomic mass is 9.90. The summed E-state index contributed by atoms with van der Waals surface area (Å²) < 4.78 is 28.0. The molecule has 38 heavy (non-hydrogen) atoms. The standard InChI is InChI=1S/C32H51O3PSi2/c1-24(2)31(5,6)37-34-27-21-26(22-28(23-27)35-38-32(7,8)25(3)4)19-20-36(33,29-15-11-9-12-16-29)30-17-13-10-14-18-30/h9-19,24-25,27-28H,20-23,37-38H2,1-8H3. The summed E-state index contributed by atoms with van der Waals surface area (Å²) in [5, 5.41) is 2.39. The normalized spacial score (nSPS) is 19.9. The summed E-state index contributed by atoms with van der Waals surface area (Å²) in [4.78, 5) is 0. The van der Waals surface area contributed by atoms with E-state index < -0.39 is 26.7 Å². The molecule has 2 unspecified atom stereocenters. The second-order valence-electron chi connectivity index (χ2n) is 13.3. The van der Waals surface area contributed by atoms with Crippen molar-refractivity contribution in [1.82, 2.24) is 0 Å². The van der Waals surface area contributed by atoms with Crippen molar-refractivity contribution in [2.75, 3.05) is 6.16 Å². The molecule has 1 fully saturated rings. The van der Waals surface area contributed by atoms with Crippen LogP contribution < -0.4 is 10.6 Å². The summed E-state index contributed by atoms with van der Waals surface area (Å²) in [6.07, 6.45) is 6.06. The summed E-state index contributed by atoms with van der Waals surface area (Å²) in [5.74, 6) is 1.23. The lowest BCUT2D eigenvalue weighted by molar-refractivity contribution is 0.0864. The van der Waals surface area contributed by atoms with Gasteiger partial charge in [0, 0.05) is 16.8 Å². The molecule has 6 heteroatoms. The molecule has 1 aliphatic rings. The van der Waals surface area contributed by atoms with E-state index in [-0.39, 0.29) is 22.3 Å². The minimum absolute atomic E-state index is 0.202. The molecule has 0 radical (unpaired) electrons. The zero-order valence-corrected chi connectivity index (χ0v) is 28.8. The minimum Gasteiger partial charge on any atom is -0.420 e. The van der Waals surface area contributed by atoms with Crippen LogP contribution in [0.15, 0.2) is 72.3 Å². The Morgan fingerprint density at radius 2 is 1.18 bits per heavy atom. The van der Waals surface area contributed by atoms with Gasteiger partial charge in [-0.3, -0.25) is 0 Å². The lowest BCUT2D eigenvalue weighted by Crippen LogP contribution is -2.36. The highest BCUT2D eigenvalue weighted by Gasteiger charge is 2.33. The van der Waals surface area contributed by atoms with Gasteiger partial charge in [-0.25, -0.2) is 0 Å². The molecule has 3 nitrogen and oxygen atoms in total. The molecule has 1 saturated carbocycles. The van der Waals surface area contributed by atoms with E-state index in [2.05, 4.69) is 61.5 Å². The van der Waals surface area contributed by atoms with Crippen LogP contribution in [0.25, 0.3) is 0 Å².